The second kappa shape index (κ2) is 7.87. The summed E-state index contributed by atoms with van der Waals surface area (Å²) in [5.74, 6) is -0.399. The first-order valence-electron chi connectivity index (χ1n) is 6.69. The van der Waals surface area contributed by atoms with Gasteiger partial charge in [-0.1, -0.05) is 65.7 Å². The van der Waals surface area contributed by atoms with Gasteiger partial charge in [-0.2, -0.15) is 5.06 Å². The van der Waals surface area contributed by atoms with E-state index in [4.69, 9.17) is 28.0 Å². The summed E-state index contributed by atoms with van der Waals surface area (Å²) in [5, 5.41) is 2.16. The van der Waals surface area contributed by atoms with Gasteiger partial charge in [-0.3, -0.25) is 0 Å². The smallest absolute Gasteiger partial charge is 0.336 e. The van der Waals surface area contributed by atoms with Crippen LogP contribution in [0.4, 0.5) is 5.69 Å². The van der Waals surface area contributed by atoms with E-state index < -0.39 is 5.97 Å². The lowest BCUT2D eigenvalue weighted by Crippen LogP contribution is -2.28. The average Bonchev–Trinajstić information content (AvgIpc) is 2.48. The highest BCUT2D eigenvalue weighted by molar-refractivity contribution is 6.39. The van der Waals surface area contributed by atoms with Crippen molar-refractivity contribution in [1.82, 2.24) is 0 Å². The number of halogens is 2. The van der Waals surface area contributed by atoms with E-state index in [0.29, 0.717) is 15.7 Å². The van der Waals surface area contributed by atoms with Crippen molar-refractivity contribution < 1.29 is 9.63 Å². The normalized spacial score (nSPS) is 10.1. The molecule has 0 N–H and O–H groups in total. The summed E-state index contributed by atoms with van der Waals surface area (Å²) in [4.78, 5) is 17.5. The molecule has 0 saturated heterocycles. The Hall–Kier alpha value is -1.97. The molecule has 0 amide bonds. The Balaban J connectivity index is 2.15. The van der Waals surface area contributed by atoms with E-state index in [1.807, 2.05) is 30.3 Å². The van der Waals surface area contributed by atoms with E-state index in [9.17, 15) is 4.79 Å². The summed E-state index contributed by atoms with van der Waals surface area (Å²) in [6, 6.07) is 14.5. The fraction of sp³-hybridized carbons (Fsp3) is 0.118. The number of hydroxylamine groups is 1. The fourth-order valence-corrected chi connectivity index (χ4v) is 2.52. The maximum absolute atomic E-state index is 12.1. The molecule has 0 atom stereocenters. The quantitative estimate of drug-likeness (QED) is 0.566. The van der Waals surface area contributed by atoms with E-state index in [0.717, 1.165) is 5.56 Å². The fourth-order valence-electron chi connectivity index (χ4n) is 1.94. The van der Waals surface area contributed by atoms with E-state index in [1.165, 1.54) is 5.06 Å². The van der Waals surface area contributed by atoms with Gasteiger partial charge in [0.25, 0.3) is 0 Å². The molecular formula is C17H15Cl2NO2. The Labute approximate surface area is 139 Å². The Morgan fingerprint density at radius 3 is 2.32 bits per heavy atom. The van der Waals surface area contributed by atoms with Crippen LogP contribution in [0.3, 0.4) is 0 Å². The molecule has 3 nitrogen and oxygen atoms in total. The Kier molecular flexibility index (Phi) is 5.87. The standard InChI is InChI=1S/C17H15Cl2NO2/c1-2-11-20(17-14(18)9-6-10-15(17)19)22-16(21)12-13-7-4-3-5-8-13/h2-10H,1,11-12H2. The molecule has 0 fully saturated rings. The SMILES string of the molecule is C=CCN(OC(=O)Cc1ccccc1)c1c(Cl)cccc1Cl. The zero-order chi connectivity index (χ0) is 15.9. The molecule has 2 rings (SSSR count). The minimum Gasteiger partial charge on any atom is -0.340 e. The summed E-state index contributed by atoms with van der Waals surface area (Å²) >= 11 is 12.3. The molecule has 0 radical (unpaired) electrons. The van der Waals surface area contributed by atoms with Gasteiger partial charge in [-0.05, 0) is 17.7 Å². The summed E-state index contributed by atoms with van der Waals surface area (Å²) in [6.07, 6.45) is 1.77. The van der Waals surface area contributed by atoms with Gasteiger partial charge in [0.15, 0.2) is 0 Å². The number of carbonyl (C=O) groups is 1. The molecule has 0 bridgehead atoms. The first-order chi connectivity index (χ1) is 10.6. The third-order valence-electron chi connectivity index (χ3n) is 2.89. The lowest BCUT2D eigenvalue weighted by molar-refractivity contribution is -0.144. The zero-order valence-corrected chi connectivity index (χ0v) is 13.3. The summed E-state index contributed by atoms with van der Waals surface area (Å²) in [6.45, 7) is 3.94. The minimum absolute atomic E-state index is 0.163. The molecule has 0 aliphatic rings. The second-order valence-electron chi connectivity index (χ2n) is 4.55. The molecule has 114 valence electrons. The van der Waals surface area contributed by atoms with Crippen LogP contribution in [0.25, 0.3) is 0 Å². The van der Waals surface area contributed by atoms with Crippen LogP contribution < -0.4 is 5.06 Å². The van der Waals surface area contributed by atoms with Crippen LogP contribution in [0.2, 0.25) is 10.0 Å². The molecule has 0 aliphatic carbocycles. The lowest BCUT2D eigenvalue weighted by Gasteiger charge is -2.23. The monoisotopic (exact) mass is 335 g/mol. The van der Waals surface area contributed by atoms with Crippen LogP contribution in [-0.4, -0.2) is 12.5 Å². The molecule has 0 spiro atoms. The van der Waals surface area contributed by atoms with Crippen molar-refractivity contribution in [2.45, 2.75) is 6.42 Å². The zero-order valence-electron chi connectivity index (χ0n) is 11.8. The summed E-state index contributed by atoms with van der Waals surface area (Å²) < 4.78 is 0. The molecule has 0 saturated carbocycles. The average molecular weight is 336 g/mol. The number of rotatable bonds is 6. The van der Waals surface area contributed by atoms with Gasteiger partial charge in [-0.25, -0.2) is 4.79 Å². The molecule has 0 unspecified atom stereocenters. The molecular weight excluding hydrogens is 321 g/mol. The first kappa shape index (κ1) is 16.4. The van der Waals surface area contributed by atoms with Gasteiger partial charge in [-0.15, -0.1) is 6.58 Å². The predicted octanol–water partition coefficient (Wildman–Crippen LogP) is 4.69. The lowest BCUT2D eigenvalue weighted by atomic mass is 10.2. The number of carbonyl (C=O) groups excluding carboxylic acids is 1. The van der Waals surface area contributed by atoms with Gasteiger partial charge in [0.2, 0.25) is 0 Å². The van der Waals surface area contributed by atoms with E-state index >= 15 is 0 Å². The predicted molar refractivity (Wildman–Crippen MR) is 90.2 cm³/mol. The summed E-state index contributed by atoms with van der Waals surface area (Å²) in [7, 11) is 0. The molecule has 0 aromatic heterocycles. The summed E-state index contributed by atoms with van der Waals surface area (Å²) in [5.41, 5.74) is 1.32. The van der Waals surface area contributed by atoms with Gasteiger partial charge in [0.1, 0.15) is 5.69 Å². The molecule has 0 aliphatic heterocycles. The highest BCUT2D eigenvalue weighted by atomic mass is 35.5. The van der Waals surface area contributed by atoms with Crippen LogP contribution in [0.5, 0.6) is 0 Å². The second-order valence-corrected chi connectivity index (χ2v) is 5.36. The van der Waals surface area contributed by atoms with E-state index in [1.54, 1.807) is 24.3 Å². The van der Waals surface area contributed by atoms with Gasteiger partial charge in [0, 0.05) is 0 Å². The number of anilines is 1. The highest BCUT2D eigenvalue weighted by Crippen LogP contribution is 2.33. The third kappa shape index (κ3) is 4.26. The van der Waals surface area contributed by atoms with Gasteiger partial charge >= 0.3 is 5.97 Å². The van der Waals surface area contributed by atoms with Crippen molar-refractivity contribution in [1.29, 1.82) is 0 Å². The Morgan fingerprint density at radius 1 is 1.09 bits per heavy atom. The topological polar surface area (TPSA) is 29.5 Å². The number of nitrogens with zero attached hydrogens (tertiary/aromatic N) is 1. The van der Waals surface area contributed by atoms with E-state index in [2.05, 4.69) is 6.58 Å². The van der Waals surface area contributed by atoms with Crippen LogP contribution >= 0.6 is 23.2 Å². The maximum atomic E-state index is 12.1. The Bertz CT molecular complexity index is 639. The van der Waals surface area contributed by atoms with Gasteiger partial charge < -0.3 is 4.84 Å². The number of hydrogen-bond donors (Lipinski definition) is 0. The van der Waals surface area contributed by atoms with Crippen LogP contribution in [0.1, 0.15) is 5.56 Å². The number of para-hydroxylation sites is 1. The van der Waals surface area contributed by atoms with Crippen molar-refractivity contribution in [2.75, 3.05) is 11.6 Å². The third-order valence-corrected chi connectivity index (χ3v) is 3.50. The molecule has 5 heteroatoms. The molecule has 0 heterocycles. The van der Waals surface area contributed by atoms with Crippen molar-refractivity contribution in [3.8, 4) is 0 Å². The molecule has 2 aromatic rings. The Morgan fingerprint density at radius 2 is 1.73 bits per heavy atom. The minimum atomic E-state index is -0.399. The van der Waals surface area contributed by atoms with Crippen LogP contribution in [0, 0.1) is 0 Å². The van der Waals surface area contributed by atoms with E-state index in [-0.39, 0.29) is 13.0 Å². The van der Waals surface area contributed by atoms with Crippen molar-refractivity contribution in [3.63, 3.8) is 0 Å². The largest absolute Gasteiger partial charge is 0.340 e. The maximum Gasteiger partial charge on any atom is 0.336 e. The van der Waals surface area contributed by atoms with Crippen LogP contribution in [0.15, 0.2) is 61.2 Å². The highest BCUT2D eigenvalue weighted by Gasteiger charge is 2.18. The number of benzene rings is 2. The first-order valence-corrected chi connectivity index (χ1v) is 7.44. The van der Waals surface area contributed by atoms with Crippen molar-refractivity contribution in [3.05, 3.63) is 76.8 Å². The molecule has 22 heavy (non-hydrogen) atoms. The van der Waals surface area contributed by atoms with Crippen molar-refractivity contribution >= 4 is 34.9 Å². The van der Waals surface area contributed by atoms with Gasteiger partial charge in [0.05, 0.1) is 23.0 Å². The number of hydrogen-bond acceptors (Lipinski definition) is 3. The molecule has 2 aromatic carbocycles. The van der Waals surface area contributed by atoms with Crippen LogP contribution in [-0.2, 0) is 16.1 Å². The van der Waals surface area contributed by atoms with Crippen molar-refractivity contribution in [2.24, 2.45) is 0 Å².